The first-order valence-corrected chi connectivity index (χ1v) is 7.50. The Balaban J connectivity index is 1.88. The molecule has 0 spiro atoms. The highest BCUT2D eigenvalue weighted by Gasteiger charge is 2.11. The zero-order valence-corrected chi connectivity index (χ0v) is 12.6. The number of carbonyl (C=O) groups is 1. The number of thioether (sulfide) groups is 1. The van der Waals surface area contributed by atoms with Crippen molar-refractivity contribution in [3.05, 3.63) is 59.9 Å². The lowest BCUT2D eigenvalue weighted by Crippen LogP contribution is -2.28. The van der Waals surface area contributed by atoms with Gasteiger partial charge in [-0.15, -0.1) is 11.8 Å². The van der Waals surface area contributed by atoms with Crippen molar-refractivity contribution < 1.29 is 9.18 Å². The van der Waals surface area contributed by atoms with Gasteiger partial charge in [-0.2, -0.15) is 0 Å². The van der Waals surface area contributed by atoms with Crippen LogP contribution in [0.4, 0.5) is 10.1 Å². The molecule has 0 saturated heterocycles. The first kappa shape index (κ1) is 15.4. The third kappa shape index (κ3) is 4.49. The minimum Gasteiger partial charge on any atom is -0.399 e. The molecule has 3 nitrogen and oxygen atoms in total. The molecule has 21 heavy (non-hydrogen) atoms. The minimum absolute atomic E-state index is 0.0416. The van der Waals surface area contributed by atoms with Crippen LogP contribution in [0.5, 0.6) is 0 Å². The van der Waals surface area contributed by atoms with Crippen molar-refractivity contribution in [2.45, 2.75) is 11.4 Å². The van der Waals surface area contributed by atoms with Crippen molar-refractivity contribution in [1.82, 2.24) is 4.90 Å². The van der Waals surface area contributed by atoms with E-state index in [1.54, 1.807) is 37.4 Å². The van der Waals surface area contributed by atoms with Crippen LogP contribution >= 0.6 is 11.8 Å². The van der Waals surface area contributed by atoms with Crippen molar-refractivity contribution in [3.8, 4) is 0 Å². The first-order valence-electron chi connectivity index (χ1n) is 6.52. The van der Waals surface area contributed by atoms with Crippen molar-refractivity contribution in [1.29, 1.82) is 0 Å². The van der Waals surface area contributed by atoms with Crippen molar-refractivity contribution >= 4 is 23.4 Å². The van der Waals surface area contributed by atoms with E-state index in [4.69, 9.17) is 5.73 Å². The summed E-state index contributed by atoms with van der Waals surface area (Å²) in [5.41, 5.74) is 6.83. The quantitative estimate of drug-likeness (QED) is 0.682. The lowest BCUT2D eigenvalue weighted by Gasteiger charge is -2.17. The van der Waals surface area contributed by atoms with Gasteiger partial charge in [0.05, 0.1) is 5.75 Å². The largest absolute Gasteiger partial charge is 0.399 e. The number of nitrogens with zero attached hydrogens (tertiary/aromatic N) is 1. The lowest BCUT2D eigenvalue weighted by atomic mass is 10.2. The van der Waals surface area contributed by atoms with Gasteiger partial charge in [0.15, 0.2) is 0 Å². The van der Waals surface area contributed by atoms with Gasteiger partial charge in [0.1, 0.15) is 5.82 Å². The van der Waals surface area contributed by atoms with Crippen molar-refractivity contribution in [2.24, 2.45) is 0 Å². The standard InChI is InChI=1S/C16H17FN2OS/c1-19(10-12-4-2-3-5-15(12)17)16(20)11-21-14-8-6-13(18)7-9-14/h2-9H,10-11,18H2,1H3. The van der Waals surface area contributed by atoms with E-state index < -0.39 is 0 Å². The molecule has 2 aromatic rings. The zero-order valence-electron chi connectivity index (χ0n) is 11.8. The van der Waals surface area contributed by atoms with Crippen LogP contribution in [0.15, 0.2) is 53.4 Å². The summed E-state index contributed by atoms with van der Waals surface area (Å²) in [6, 6.07) is 13.8. The molecule has 0 aliphatic heterocycles. The summed E-state index contributed by atoms with van der Waals surface area (Å²) < 4.78 is 13.5. The molecular formula is C16H17FN2OS. The van der Waals surface area contributed by atoms with Gasteiger partial charge < -0.3 is 10.6 Å². The van der Waals surface area contributed by atoms with Crippen molar-refractivity contribution in [3.63, 3.8) is 0 Å². The Kier molecular flexibility index (Phi) is 5.22. The Morgan fingerprint density at radius 3 is 2.52 bits per heavy atom. The maximum absolute atomic E-state index is 13.5. The molecule has 0 atom stereocenters. The van der Waals surface area contributed by atoms with Crippen LogP contribution in [0.2, 0.25) is 0 Å². The predicted molar refractivity (Wildman–Crippen MR) is 84.5 cm³/mol. The Bertz CT molecular complexity index is 616. The van der Waals surface area contributed by atoms with E-state index in [0.29, 0.717) is 17.0 Å². The maximum Gasteiger partial charge on any atom is 0.232 e. The smallest absolute Gasteiger partial charge is 0.232 e. The van der Waals surface area contributed by atoms with Crippen LogP contribution in [0.25, 0.3) is 0 Å². The molecule has 0 saturated carbocycles. The van der Waals surface area contributed by atoms with E-state index in [2.05, 4.69) is 0 Å². The summed E-state index contributed by atoms with van der Waals surface area (Å²) in [4.78, 5) is 14.6. The molecule has 2 aromatic carbocycles. The van der Waals surface area contributed by atoms with E-state index in [-0.39, 0.29) is 18.3 Å². The molecule has 0 fully saturated rings. The minimum atomic E-state index is -0.289. The zero-order chi connectivity index (χ0) is 15.2. The number of benzene rings is 2. The van der Waals surface area contributed by atoms with Crippen LogP contribution in [0.1, 0.15) is 5.56 Å². The number of hydrogen-bond donors (Lipinski definition) is 1. The molecule has 0 aliphatic carbocycles. The highest BCUT2D eigenvalue weighted by molar-refractivity contribution is 8.00. The predicted octanol–water partition coefficient (Wildman–Crippen LogP) is 3.16. The fraction of sp³-hybridized carbons (Fsp3) is 0.188. The van der Waals surface area contributed by atoms with Crippen LogP contribution in [0, 0.1) is 5.82 Å². The monoisotopic (exact) mass is 304 g/mol. The Morgan fingerprint density at radius 2 is 1.86 bits per heavy atom. The molecule has 0 aliphatic rings. The average molecular weight is 304 g/mol. The maximum atomic E-state index is 13.5. The average Bonchev–Trinajstić information content (AvgIpc) is 2.48. The van der Waals surface area contributed by atoms with Gasteiger partial charge in [-0.25, -0.2) is 4.39 Å². The summed E-state index contributed by atoms with van der Waals surface area (Å²) in [6.07, 6.45) is 0. The molecule has 0 radical (unpaired) electrons. The molecule has 110 valence electrons. The highest BCUT2D eigenvalue weighted by Crippen LogP contribution is 2.20. The molecule has 0 unspecified atom stereocenters. The second-order valence-electron chi connectivity index (χ2n) is 4.70. The molecule has 1 amide bonds. The Labute approximate surface area is 127 Å². The van der Waals surface area contributed by atoms with Crippen LogP contribution in [-0.2, 0) is 11.3 Å². The van der Waals surface area contributed by atoms with Crippen LogP contribution < -0.4 is 5.73 Å². The highest BCUT2D eigenvalue weighted by atomic mass is 32.2. The van der Waals surface area contributed by atoms with E-state index in [9.17, 15) is 9.18 Å². The summed E-state index contributed by atoms with van der Waals surface area (Å²) in [6.45, 7) is 0.272. The molecular weight excluding hydrogens is 287 g/mol. The molecule has 0 heterocycles. The second-order valence-corrected chi connectivity index (χ2v) is 5.75. The number of carbonyl (C=O) groups excluding carboxylic acids is 1. The number of rotatable bonds is 5. The second kappa shape index (κ2) is 7.13. The topological polar surface area (TPSA) is 46.3 Å². The first-order chi connectivity index (χ1) is 10.1. The number of hydrogen-bond acceptors (Lipinski definition) is 3. The number of amides is 1. The number of nitrogen functional groups attached to an aromatic ring is 1. The Morgan fingerprint density at radius 1 is 1.19 bits per heavy atom. The van der Waals surface area contributed by atoms with Crippen LogP contribution in [-0.4, -0.2) is 23.6 Å². The van der Waals surface area contributed by atoms with Gasteiger partial charge in [-0.3, -0.25) is 4.79 Å². The summed E-state index contributed by atoms with van der Waals surface area (Å²) in [5, 5.41) is 0. The molecule has 0 aromatic heterocycles. The van der Waals surface area contributed by atoms with Gasteiger partial charge in [0.2, 0.25) is 5.91 Å². The van der Waals surface area contributed by atoms with E-state index >= 15 is 0 Å². The van der Waals surface area contributed by atoms with Gasteiger partial charge in [-0.1, -0.05) is 18.2 Å². The molecule has 5 heteroatoms. The van der Waals surface area contributed by atoms with Crippen molar-refractivity contribution in [2.75, 3.05) is 18.5 Å². The van der Waals surface area contributed by atoms with Gasteiger partial charge >= 0.3 is 0 Å². The summed E-state index contributed by atoms with van der Waals surface area (Å²) >= 11 is 1.44. The normalized spacial score (nSPS) is 10.4. The number of nitrogens with two attached hydrogens (primary N) is 1. The SMILES string of the molecule is CN(Cc1ccccc1F)C(=O)CSc1ccc(N)cc1. The summed E-state index contributed by atoms with van der Waals surface area (Å²) in [5.74, 6) is -0.0158. The Hall–Kier alpha value is -2.01. The van der Waals surface area contributed by atoms with E-state index in [1.807, 2.05) is 12.1 Å². The van der Waals surface area contributed by atoms with Crippen LogP contribution in [0.3, 0.4) is 0 Å². The third-order valence-corrected chi connectivity index (χ3v) is 4.03. The lowest BCUT2D eigenvalue weighted by molar-refractivity contribution is -0.127. The summed E-state index contributed by atoms with van der Waals surface area (Å²) in [7, 11) is 1.68. The fourth-order valence-electron chi connectivity index (χ4n) is 1.79. The van der Waals surface area contributed by atoms with E-state index in [1.165, 1.54) is 22.7 Å². The number of anilines is 1. The number of halogens is 1. The molecule has 0 bridgehead atoms. The third-order valence-electron chi connectivity index (χ3n) is 3.03. The van der Waals surface area contributed by atoms with Gasteiger partial charge in [-0.05, 0) is 30.3 Å². The van der Waals surface area contributed by atoms with Gasteiger partial charge in [0.25, 0.3) is 0 Å². The fourth-order valence-corrected chi connectivity index (χ4v) is 2.63. The van der Waals surface area contributed by atoms with Gasteiger partial charge in [0, 0.05) is 29.7 Å². The van der Waals surface area contributed by atoms with E-state index in [0.717, 1.165) is 4.90 Å². The molecule has 2 N–H and O–H groups in total. The molecule has 2 rings (SSSR count).